The maximum atomic E-state index is 9.72. The molecule has 0 spiro atoms. The van der Waals surface area contributed by atoms with E-state index in [1.165, 1.54) is 0 Å². The van der Waals surface area contributed by atoms with Gasteiger partial charge in [-0.15, -0.1) is 0 Å². The smallest absolute Gasteiger partial charge is 0.0910 e. The third-order valence-corrected chi connectivity index (χ3v) is 2.77. The largest absolute Gasteiger partial charge is 0.387 e. The van der Waals surface area contributed by atoms with Gasteiger partial charge in [-0.2, -0.15) is 0 Å². The first-order valence-electron chi connectivity index (χ1n) is 3.81. The number of ether oxygens (including phenoxy) is 1. The van der Waals surface area contributed by atoms with E-state index in [0.717, 1.165) is 6.42 Å². The second-order valence-corrected chi connectivity index (χ2v) is 3.51. The van der Waals surface area contributed by atoms with Gasteiger partial charge in [0.2, 0.25) is 0 Å². The third kappa shape index (κ3) is 1.06. The molecule has 0 aromatic carbocycles. The van der Waals surface area contributed by atoms with Crippen LogP contribution in [0.2, 0.25) is 0 Å². The van der Waals surface area contributed by atoms with Crippen LogP contribution in [0.3, 0.4) is 0 Å². The minimum Gasteiger partial charge on any atom is -0.387 e. The highest BCUT2D eigenvalue weighted by molar-refractivity contribution is 4.98. The molecule has 0 aromatic heterocycles. The van der Waals surface area contributed by atoms with Crippen molar-refractivity contribution in [1.82, 2.24) is 0 Å². The van der Waals surface area contributed by atoms with Crippen LogP contribution in [0.1, 0.15) is 20.3 Å². The van der Waals surface area contributed by atoms with Gasteiger partial charge in [0, 0.05) is 7.11 Å². The summed E-state index contributed by atoms with van der Waals surface area (Å²) in [7, 11) is 1.63. The summed E-state index contributed by atoms with van der Waals surface area (Å²) in [5.74, 6) is 1.05. The summed E-state index contributed by atoms with van der Waals surface area (Å²) in [4.78, 5) is 0. The van der Waals surface area contributed by atoms with Gasteiger partial charge in [0.25, 0.3) is 0 Å². The number of aliphatic hydroxyl groups is 1. The van der Waals surface area contributed by atoms with Crippen molar-refractivity contribution < 1.29 is 9.84 Å². The monoisotopic (exact) mass is 144 g/mol. The molecule has 0 bridgehead atoms. The fraction of sp³-hybridized carbons (Fsp3) is 1.00. The van der Waals surface area contributed by atoms with E-state index in [9.17, 15) is 5.11 Å². The van der Waals surface area contributed by atoms with Crippen molar-refractivity contribution in [2.24, 2.45) is 11.8 Å². The molecular weight excluding hydrogens is 128 g/mol. The Morgan fingerprint density at radius 3 is 2.50 bits per heavy atom. The molecule has 1 rings (SSSR count). The van der Waals surface area contributed by atoms with Crippen LogP contribution in [0, 0.1) is 11.8 Å². The summed E-state index contributed by atoms with van der Waals surface area (Å²) >= 11 is 0. The van der Waals surface area contributed by atoms with Crippen molar-refractivity contribution in [2.45, 2.75) is 25.9 Å². The van der Waals surface area contributed by atoms with Crippen LogP contribution < -0.4 is 0 Å². The normalized spacial score (nSPS) is 46.8. The van der Waals surface area contributed by atoms with E-state index < -0.39 is 5.60 Å². The SMILES string of the molecule is COCC1(O)CC(C)C1C. The number of hydrogen-bond acceptors (Lipinski definition) is 2. The first-order valence-corrected chi connectivity index (χ1v) is 3.81. The zero-order valence-electron chi connectivity index (χ0n) is 6.92. The lowest BCUT2D eigenvalue weighted by atomic mass is 9.63. The van der Waals surface area contributed by atoms with Crippen molar-refractivity contribution in [3.05, 3.63) is 0 Å². The van der Waals surface area contributed by atoms with Gasteiger partial charge in [0.15, 0.2) is 0 Å². The van der Waals surface area contributed by atoms with E-state index in [4.69, 9.17) is 4.74 Å². The fourth-order valence-corrected chi connectivity index (χ4v) is 1.73. The standard InChI is InChI=1S/C8H16O2/c1-6-4-8(9,5-10-3)7(6)2/h6-7,9H,4-5H2,1-3H3. The number of rotatable bonds is 2. The second kappa shape index (κ2) is 2.51. The highest BCUT2D eigenvalue weighted by Gasteiger charge is 2.47. The Kier molecular flexibility index (Phi) is 2.02. The quantitative estimate of drug-likeness (QED) is 0.627. The summed E-state index contributed by atoms with van der Waals surface area (Å²) in [6.07, 6.45) is 0.891. The van der Waals surface area contributed by atoms with Gasteiger partial charge in [-0.1, -0.05) is 13.8 Å². The van der Waals surface area contributed by atoms with Crippen molar-refractivity contribution in [3.8, 4) is 0 Å². The Labute approximate surface area is 62.2 Å². The van der Waals surface area contributed by atoms with Crippen molar-refractivity contribution in [1.29, 1.82) is 0 Å². The van der Waals surface area contributed by atoms with Crippen LogP contribution in [0.15, 0.2) is 0 Å². The molecule has 1 aliphatic rings. The number of hydrogen-bond donors (Lipinski definition) is 1. The molecule has 0 saturated heterocycles. The first-order chi connectivity index (χ1) is 4.60. The third-order valence-electron chi connectivity index (χ3n) is 2.77. The maximum Gasteiger partial charge on any atom is 0.0910 e. The van der Waals surface area contributed by atoms with Gasteiger partial charge in [0.05, 0.1) is 12.2 Å². The van der Waals surface area contributed by atoms with E-state index in [1.54, 1.807) is 7.11 Å². The fourth-order valence-electron chi connectivity index (χ4n) is 1.73. The molecule has 3 unspecified atom stereocenters. The maximum absolute atomic E-state index is 9.72. The lowest BCUT2D eigenvalue weighted by Gasteiger charge is -2.48. The number of methoxy groups -OCH3 is 1. The van der Waals surface area contributed by atoms with Crippen LogP contribution in [-0.2, 0) is 4.74 Å². The van der Waals surface area contributed by atoms with E-state index in [0.29, 0.717) is 18.4 Å². The molecule has 1 N–H and O–H groups in total. The molecule has 0 aromatic rings. The lowest BCUT2D eigenvalue weighted by Crippen LogP contribution is -2.54. The van der Waals surface area contributed by atoms with E-state index >= 15 is 0 Å². The summed E-state index contributed by atoms with van der Waals surface area (Å²) < 4.78 is 4.92. The first kappa shape index (κ1) is 8.02. The molecule has 0 radical (unpaired) electrons. The zero-order chi connectivity index (χ0) is 7.78. The molecule has 3 atom stereocenters. The summed E-state index contributed by atoms with van der Waals surface area (Å²) in [5.41, 5.74) is -0.520. The highest BCUT2D eigenvalue weighted by atomic mass is 16.5. The van der Waals surface area contributed by atoms with Crippen LogP contribution in [0.25, 0.3) is 0 Å². The molecule has 0 amide bonds. The molecule has 1 saturated carbocycles. The molecule has 0 aliphatic heterocycles. The Morgan fingerprint density at radius 2 is 2.20 bits per heavy atom. The molecule has 1 fully saturated rings. The minimum absolute atomic E-state index is 0.396. The summed E-state index contributed by atoms with van der Waals surface area (Å²) in [6.45, 7) is 4.72. The Bertz CT molecular complexity index is 120. The molecule has 1 aliphatic carbocycles. The van der Waals surface area contributed by atoms with Crippen LogP contribution in [0.5, 0.6) is 0 Å². The Hall–Kier alpha value is -0.0800. The Morgan fingerprint density at radius 1 is 1.60 bits per heavy atom. The molecular formula is C8H16O2. The van der Waals surface area contributed by atoms with E-state index in [2.05, 4.69) is 13.8 Å². The van der Waals surface area contributed by atoms with Gasteiger partial charge in [-0.25, -0.2) is 0 Å². The zero-order valence-corrected chi connectivity index (χ0v) is 6.92. The highest BCUT2D eigenvalue weighted by Crippen LogP contribution is 2.43. The Balaban J connectivity index is 2.41. The minimum atomic E-state index is -0.520. The van der Waals surface area contributed by atoms with Crippen LogP contribution >= 0.6 is 0 Å². The van der Waals surface area contributed by atoms with Gasteiger partial charge < -0.3 is 9.84 Å². The topological polar surface area (TPSA) is 29.5 Å². The van der Waals surface area contributed by atoms with E-state index in [1.807, 2.05) is 0 Å². The molecule has 2 nitrogen and oxygen atoms in total. The van der Waals surface area contributed by atoms with Crippen LogP contribution in [0.4, 0.5) is 0 Å². The van der Waals surface area contributed by atoms with E-state index in [-0.39, 0.29) is 0 Å². The van der Waals surface area contributed by atoms with Crippen molar-refractivity contribution in [2.75, 3.05) is 13.7 Å². The second-order valence-electron chi connectivity index (χ2n) is 3.51. The molecule has 10 heavy (non-hydrogen) atoms. The summed E-state index contributed by atoms with van der Waals surface area (Å²) in [6, 6.07) is 0. The van der Waals surface area contributed by atoms with Gasteiger partial charge in [-0.05, 0) is 18.3 Å². The summed E-state index contributed by atoms with van der Waals surface area (Å²) in [5, 5.41) is 9.72. The average Bonchev–Trinajstić information content (AvgIpc) is 1.88. The average molecular weight is 144 g/mol. The van der Waals surface area contributed by atoms with Crippen molar-refractivity contribution >= 4 is 0 Å². The van der Waals surface area contributed by atoms with Gasteiger partial charge >= 0.3 is 0 Å². The van der Waals surface area contributed by atoms with Gasteiger partial charge in [0.1, 0.15) is 0 Å². The predicted octanol–water partition coefficient (Wildman–Crippen LogP) is 1.04. The van der Waals surface area contributed by atoms with Crippen molar-refractivity contribution in [3.63, 3.8) is 0 Å². The van der Waals surface area contributed by atoms with Crippen LogP contribution in [-0.4, -0.2) is 24.4 Å². The predicted molar refractivity (Wildman–Crippen MR) is 39.8 cm³/mol. The van der Waals surface area contributed by atoms with Gasteiger partial charge in [-0.3, -0.25) is 0 Å². The lowest BCUT2D eigenvalue weighted by molar-refractivity contribution is -0.158. The molecule has 60 valence electrons. The molecule has 0 heterocycles. The molecule has 2 heteroatoms.